The van der Waals surface area contributed by atoms with Gasteiger partial charge in [-0.3, -0.25) is 4.79 Å². The van der Waals surface area contributed by atoms with Crippen molar-refractivity contribution in [1.29, 1.82) is 0 Å². The Labute approximate surface area is 190 Å². The molecule has 0 aliphatic carbocycles. The first kappa shape index (κ1) is 23.9. The highest BCUT2D eigenvalue weighted by Crippen LogP contribution is 2.24. The fourth-order valence-electron chi connectivity index (χ4n) is 3.20. The third-order valence-electron chi connectivity index (χ3n) is 5.11. The van der Waals surface area contributed by atoms with Crippen molar-refractivity contribution in [3.8, 4) is 0 Å². The summed E-state index contributed by atoms with van der Waals surface area (Å²) >= 11 is 1.11. The number of ether oxygens (including phenoxy) is 2. The molecule has 9 nitrogen and oxygen atoms in total. The van der Waals surface area contributed by atoms with E-state index in [4.69, 9.17) is 4.74 Å². The number of rotatable bonds is 7. The topological polar surface area (TPSA) is 119 Å². The van der Waals surface area contributed by atoms with E-state index < -0.39 is 34.5 Å². The normalized spacial score (nSPS) is 15.2. The van der Waals surface area contributed by atoms with Gasteiger partial charge in [0, 0.05) is 13.1 Å². The van der Waals surface area contributed by atoms with Gasteiger partial charge in [0.25, 0.3) is 5.91 Å². The van der Waals surface area contributed by atoms with Gasteiger partial charge in [-0.15, -0.1) is 11.3 Å². The van der Waals surface area contributed by atoms with Crippen LogP contribution < -0.4 is 5.32 Å². The third-order valence-corrected chi connectivity index (χ3v) is 7.92. The summed E-state index contributed by atoms with van der Waals surface area (Å²) in [7, 11) is -2.38. The molecule has 1 aliphatic rings. The van der Waals surface area contributed by atoms with E-state index in [9.17, 15) is 22.8 Å². The highest BCUT2D eigenvalue weighted by molar-refractivity contribution is 7.89. The van der Waals surface area contributed by atoms with Crippen molar-refractivity contribution in [1.82, 2.24) is 4.31 Å². The van der Waals surface area contributed by atoms with E-state index in [2.05, 4.69) is 17.0 Å². The number of methoxy groups -OCH3 is 1. The second kappa shape index (κ2) is 10.2. The van der Waals surface area contributed by atoms with Crippen LogP contribution in [-0.4, -0.2) is 57.4 Å². The molecule has 0 saturated carbocycles. The molecule has 1 aromatic carbocycles. The number of carbonyl (C=O) groups is 3. The van der Waals surface area contributed by atoms with Crippen molar-refractivity contribution in [3.05, 3.63) is 46.2 Å². The summed E-state index contributed by atoms with van der Waals surface area (Å²) in [4.78, 5) is 36.3. The molecule has 0 atom stereocenters. The minimum absolute atomic E-state index is 0.106. The number of anilines is 1. The summed E-state index contributed by atoms with van der Waals surface area (Å²) in [6, 6.07) is 6.97. The van der Waals surface area contributed by atoms with Crippen molar-refractivity contribution in [2.24, 2.45) is 5.92 Å². The molecule has 1 saturated heterocycles. The molecule has 2 heterocycles. The largest absolute Gasteiger partial charge is 0.465 e. The van der Waals surface area contributed by atoms with Gasteiger partial charge < -0.3 is 14.8 Å². The van der Waals surface area contributed by atoms with Crippen LogP contribution in [0.5, 0.6) is 0 Å². The minimum Gasteiger partial charge on any atom is -0.465 e. The van der Waals surface area contributed by atoms with Crippen LogP contribution in [-0.2, 0) is 24.3 Å². The van der Waals surface area contributed by atoms with Crippen molar-refractivity contribution < 1.29 is 32.3 Å². The Morgan fingerprint density at radius 3 is 2.38 bits per heavy atom. The Morgan fingerprint density at radius 1 is 1.09 bits per heavy atom. The van der Waals surface area contributed by atoms with Crippen LogP contribution in [0.1, 0.15) is 39.8 Å². The van der Waals surface area contributed by atoms with Crippen LogP contribution in [0.2, 0.25) is 0 Å². The first-order valence-corrected chi connectivity index (χ1v) is 12.3. The lowest BCUT2D eigenvalue weighted by Gasteiger charge is -2.29. The zero-order chi connectivity index (χ0) is 23.3. The molecule has 172 valence electrons. The summed E-state index contributed by atoms with van der Waals surface area (Å²) in [5.41, 5.74) is 0.388. The molecule has 0 spiro atoms. The van der Waals surface area contributed by atoms with E-state index in [0.29, 0.717) is 19.0 Å². The number of sulfonamides is 1. The Hall–Kier alpha value is -2.76. The van der Waals surface area contributed by atoms with Crippen molar-refractivity contribution >= 4 is 44.9 Å². The Balaban J connectivity index is 1.56. The van der Waals surface area contributed by atoms with Gasteiger partial charge in [-0.05, 0) is 54.5 Å². The molecule has 3 rings (SSSR count). The van der Waals surface area contributed by atoms with Crippen molar-refractivity contribution in [2.45, 2.75) is 24.7 Å². The maximum absolute atomic E-state index is 12.8. The fourth-order valence-corrected chi connectivity index (χ4v) is 5.43. The molecule has 32 heavy (non-hydrogen) atoms. The van der Waals surface area contributed by atoms with Gasteiger partial charge in [-0.2, -0.15) is 4.31 Å². The number of carbonyl (C=O) groups excluding carboxylic acids is 3. The van der Waals surface area contributed by atoms with E-state index in [1.54, 1.807) is 11.4 Å². The Morgan fingerprint density at radius 2 is 1.75 bits per heavy atom. The maximum Gasteiger partial charge on any atom is 0.350 e. The van der Waals surface area contributed by atoms with Crippen molar-refractivity contribution in [3.63, 3.8) is 0 Å². The van der Waals surface area contributed by atoms with Crippen LogP contribution in [0.4, 0.5) is 5.69 Å². The lowest BCUT2D eigenvalue weighted by atomic mass is 10.0. The van der Waals surface area contributed by atoms with E-state index in [0.717, 1.165) is 24.2 Å². The summed E-state index contributed by atoms with van der Waals surface area (Å²) in [5.74, 6) is -1.47. The first-order valence-electron chi connectivity index (χ1n) is 9.95. The predicted molar refractivity (Wildman–Crippen MR) is 118 cm³/mol. The molecular formula is C21H24N2O7S2. The quantitative estimate of drug-likeness (QED) is 0.605. The predicted octanol–water partition coefficient (Wildman–Crippen LogP) is 2.75. The van der Waals surface area contributed by atoms with Gasteiger partial charge in [-0.1, -0.05) is 6.92 Å². The number of nitrogens with zero attached hydrogens (tertiary/aromatic N) is 1. The minimum atomic E-state index is -3.62. The Kier molecular flexibility index (Phi) is 7.64. The molecule has 0 unspecified atom stereocenters. The average molecular weight is 481 g/mol. The molecule has 1 aliphatic heterocycles. The number of hydrogen-bond acceptors (Lipinski definition) is 8. The van der Waals surface area contributed by atoms with Crippen LogP contribution in [0.25, 0.3) is 0 Å². The van der Waals surface area contributed by atoms with E-state index in [1.165, 1.54) is 35.7 Å². The number of nitrogens with one attached hydrogen (secondary N) is 1. The molecule has 0 bridgehead atoms. The second-order valence-electron chi connectivity index (χ2n) is 7.39. The van der Waals surface area contributed by atoms with Crippen LogP contribution >= 0.6 is 11.3 Å². The summed E-state index contributed by atoms with van der Waals surface area (Å²) in [5, 5.41) is 4.11. The first-order chi connectivity index (χ1) is 15.2. The monoisotopic (exact) mass is 480 g/mol. The highest BCUT2D eigenvalue weighted by atomic mass is 32.2. The molecule has 2 aromatic rings. The zero-order valence-corrected chi connectivity index (χ0v) is 19.3. The lowest BCUT2D eigenvalue weighted by molar-refractivity contribution is -0.119. The molecule has 0 radical (unpaired) electrons. The number of piperidine rings is 1. The van der Waals surface area contributed by atoms with E-state index >= 15 is 0 Å². The summed E-state index contributed by atoms with van der Waals surface area (Å²) in [6.07, 6.45) is 1.64. The molecule has 1 fully saturated rings. The third kappa shape index (κ3) is 5.53. The van der Waals surface area contributed by atoms with Gasteiger partial charge >= 0.3 is 11.9 Å². The van der Waals surface area contributed by atoms with Crippen LogP contribution in [0.3, 0.4) is 0 Å². The molecule has 1 N–H and O–H groups in total. The molecule has 11 heteroatoms. The summed E-state index contributed by atoms with van der Waals surface area (Å²) in [6.45, 7) is 2.48. The standard InChI is InChI=1S/C21H24N2O7S2/c1-14-7-10-23(11-8-14)32(27,28)16-5-3-15(4-6-16)20(25)30-13-18(24)22-17-9-12-31-19(17)21(26)29-2/h3-6,9,12,14H,7-8,10-11,13H2,1-2H3,(H,22,24). The number of hydrogen-bond donors (Lipinski definition) is 1. The van der Waals surface area contributed by atoms with E-state index in [1.807, 2.05) is 0 Å². The van der Waals surface area contributed by atoms with E-state index in [-0.39, 0.29) is 21.0 Å². The number of thiophene rings is 1. The SMILES string of the molecule is COC(=O)c1sccc1NC(=O)COC(=O)c1ccc(S(=O)(=O)N2CCC(C)CC2)cc1. The average Bonchev–Trinajstić information content (AvgIpc) is 3.25. The summed E-state index contributed by atoms with van der Waals surface area (Å²) < 4.78 is 36.6. The maximum atomic E-state index is 12.8. The fraction of sp³-hybridized carbons (Fsp3) is 0.381. The van der Waals surface area contributed by atoms with Gasteiger partial charge in [0.1, 0.15) is 4.88 Å². The van der Waals surface area contributed by atoms with Gasteiger partial charge in [0.05, 0.1) is 23.3 Å². The van der Waals surface area contributed by atoms with Gasteiger partial charge in [0.2, 0.25) is 10.0 Å². The van der Waals surface area contributed by atoms with Gasteiger partial charge in [-0.25, -0.2) is 18.0 Å². The van der Waals surface area contributed by atoms with Crippen molar-refractivity contribution in [2.75, 3.05) is 32.1 Å². The number of benzene rings is 1. The zero-order valence-electron chi connectivity index (χ0n) is 17.7. The molecule has 1 aromatic heterocycles. The number of amides is 1. The van der Waals surface area contributed by atoms with Crippen LogP contribution in [0.15, 0.2) is 40.6 Å². The molecule has 1 amide bonds. The van der Waals surface area contributed by atoms with Crippen LogP contribution in [0, 0.1) is 5.92 Å². The number of esters is 2. The second-order valence-corrected chi connectivity index (χ2v) is 10.2. The molecular weight excluding hydrogens is 456 g/mol. The lowest BCUT2D eigenvalue weighted by Crippen LogP contribution is -2.37. The Bertz CT molecular complexity index is 1090. The van der Waals surface area contributed by atoms with Gasteiger partial charge in [0.15, 0.2) is 6.61 Å². The smallest absolute Gasteiger partial charge is 0.350 e. The highest BCUT2D eigenvalue weighted by Gasteiger charge is 2.28.